The topological polar surface area (TPSA) is 95.7 Å². The van der Waals surface area contributed by atoms with Gasteiger partial charge < -0.3 is 9.47 Å². The lowest BCUT2D eigenvalue weighted by atomic mass is 9.83. The van der Waals surface area contributed by atoms with E-state index in [4.69, 9.17) is 9.47 Å². The van der Waals surface area contributed by atoms with Gasteiger partial charge in [-0.2, -0.15) is 0 Å². The van der Waals surface area contributed by atoms with Crippen molar-refractivity contribution in [2.75, 3.05) is 13.2 Å². The molecule has 0 amide bonds. The predicted octanol–water partition coefficient (Wildman–Crippen LogP) is 2.83. The van der Waals surface area contributed by atoms with Gasteiger partial charge in [0.05, 0.1) is 18.1 Å². The standard InChI is InChI=1S/C16H21NO6/c1-4-13(11-8-7-9-12(10-11)17(20)21)14(15(18)22-5-2)16(19)23-6-3/h7-10,13-14H,4-6H2,1-3H3/t13-/m1/s1. The molecule has 0 aromatic heterocycles. The summed E-state index contributed by atoms with van der Waals surface area (Å²) in [6.45, 7) is 5.37. The van der Waals surface area contributed by atoms with E-state index in [1.807, 2.05) is 0 Å². The van der Waals surface area contributed by atoms with Gasteiger partial charge in [-0.3, -0.25) is 19.7 Å². The molecular weight excluding hydrogens is 302 g/mol. The number of esters is 2. The zero-order valence-electron chi connectivity index (χ0n) is 13.5. The third kappa shape index (κ3) is 4.77. The third-order valence-corrected chi connectivity index (χ3v) is 3.43. The number of non-ortho nitro benzene ring substituents is 1. The molecule has 126 valence electrons. The van der Waals surface area contributed by atoms with Crippen molar-refractivity contribution in [2.24, 2.45) is 5.92 Å². The van der Waals surface area contributed by atoms with Crippen molar-refractivity contribution in [1.29, 1.82) is 0 Å². The smallest absolute Gasteiger partial charge is 0.320 e. The molecule has 0 saturated heterocycles. The molecule has 0 spiro atoms. The second kappa shape index (κ2) is 8.87. The highest BCUT2D eigenvalue weighted by Gasteiger charge is 2.37. The summed E-state index contributed by atoms with van der Waals surface area (Å²) in [5, 5.41) is 10.9. The maximum absolute atomic E-state index is 12.2. The van der Waals surface area contributed by atoms with E-state index in [9.17, 15) is 19.7 Å². The van der Waals surface area contributed by atoms with Gasteiger partial charge in [0.25, 0.3) is 5.69 Å². The normalized spacial score (nSPS) is 11.8. The number of nitrogens with zero attached hydrogens (tertiary/aromatic N) is 1. The first kappa shape index (κ1) is 18.6. The number of rotatable bonds is 8. The molecule has 0 unspecified atom stereocenters. The minimum atomic E-state index is -1.14. The van der Waals surface area contributed by atoms with Gasteiger partial charge >= 0.3 is 11.9 Å². The third-order valence-electron chi connectivity index (χ3n) is 3.43. The molecule has 0 N–H and O–H groups in total. The molecule has 0 bridgehead atoms. The number of ether oxygens (including phenoxy) is 2. The molecule has 0 saturated carbocycles. The molecule has 0 heterocycles. The second-order valence-electron chi connectivity index (χ2n) is 4.85. The predicted molar refractivity (Wildman–Crippen MR) is 82.9 cm³/mol. The SMILES string of the molecule is CCOC(=O)C(C(=O)OCC)[C@H](CC)c1cccc([N+](=O)[O-])c1. The molecule has 0 aliphatic heterocycles. The van der Waals surface area contributed by atoms with E-state index in [0.29, 0.717) is 12.0 Å². The van der Waals surface area contributed by atoms with E-state index < -0.39 is 28.7 Å². The molecule has 1 atom stereocenters. The van der Waals surface area contributed by atoms with Crippen molar-refractivity contribution in [3.63, 3.8) is 0 Å². The minimum absolute atomic E-state index is 0.0904. The Morgan fingerprint density at radius 3 is 2.13 bits per heavy atom. The van der Waals surface area contributed by atoms with Crippen LogP contribution in [0.5, 0.6) is 0 Å². The van der Waals surface area contributed by atoms with Crippen LogP contribution >= 0.6 is 0 Å². The molecule has 7 nitrogen and oxygen atoms in total. The van der Waals surface area contributed by atoms with Gasteiger partial charge in [0.15, 0.2) is 5.92 Å². The van der Waals surface area contributed by atoms with Crippen LogP contribution in [0.2, 0.25) is 0 Å². The van der Waals surface area contributed by atoms with Crippen molar-refractivity contribution in [3.8, 4) is 0 Å². The minimum Gasteiger partial charge on any atom is -0.465 e. The van der Waals surface area contributed by atoms with E-state index in [1.165, 1.54) is 18.2 Å². The Morgan fingerprint density at radius 2 is 1.70 bits per heavy atom. The molecule has 0 fully saturated rings. The summed E-state index contributed by atoms with van der Waals surface area (Å²) < 4.78 is 9.96. The average Bonchev–Trinajstić information content (AvgIpc) is 2.52. The average molecular weight is 323 g/mol. The number of benzene rings is 1. The van der Waals surface area contributed by atoms with Gasteiger partial charge in [-0.15, -0.1) is 0 Å². The van der Waals surface area contributed by atoms with Crippen molar-refractivity contribution in [2.45, 2.75) is 33.1 Å². The molecular formula is C16H21NO6. The van der Waals surface area contributed by atoms with Crippen LogP contribution in [0.1, 0.15) is 38.7 Å². The number of carbonyl (C=O) groups is 2. The maximum atomic E-state index is 12.2. The molecule has 7 heteroatoms. The fourth-order valence-electron chi connectivity index (χ4n) is 2.42. The molecule has 0 radical (unpaired) electrons. The first-order valence-corrected chi connectivity index (χ1v) is 7.53. The van der Waals surface area contributed by atoms with Crippen LogP contribution in [0.3, 0.4) is 0 Å². The molecule has 23 heavy (non-hydrogen) atoms. The Labute approximate surface area is 134 Å². The number of nitro groups is 1. The van der Waals surface area contributed by atoms with Gasteiger partial charge in [0.1, 0.15) is 0 Å². The maximum Gasteiger partial charge on any atom is 0.320 e. The summed E-state index contributed by atoms with van der Waals surface area (Å²) in [5.41, 5.74) is 0.445. The van der Waals surface area contributed by atoms with Gasteiger partial charge in [0.2, 0.25) is 0 Å². The van der Waals surface area contributed by atoms with Crippen LogP contribution in [0.25, 0.3) is 0 Å². The zero-order chi connectivity index (χ0) is 17.4. The molecule has 1 rings (SSSR count). The fourth-order valence-corrected chi connectivity index (χ4v) is 2.42. The Hall–Kier alpha value is -2.44. The summed E-state index contributed by atoms with van der Waals surface area (Å²) in [7, 11) is 0. The Balaban J connectivity index is 3.23. The van der Waals surface area contributed by atoms with Crippen LogP contribution in [0.15, 0.2) is 24.3 Å². The summed E-state index contributed by atoms with van der Waals surface area (Å²) in [6, 6.07) is 5.93. The number of nitro benzene ring substituents is 1. The van der Waals surface area contributed by atoms with Gasteiger partial charge in [-0.25, -0.2) is 0 Å². The number of hydrogen-bond acceptors (Lipinski definition) is 6. The molecule has 0 aliphatic rings. The van der Waals surface area contributed by atoms with Gasteiger partial charge in [-0.1, -0.05) is 19.1 Å². The van der Waals surface area contributed by atoms with Crippen LogP contribution in [0, 0.1) is 16.0 Å². The van der Waals surface area contributed by atoms with E-state index >= 15 is 0 Å². The largest absolute Gasteiger partial charge is 0.465 e. The van der Waals surface area contributed by atoms with Gasteiger partial charge in [-0.05, 0) is 25.8 Å². The lowest BCUT2D eigenvalue weighted by Gasteiger charge is -2.23. The van der Waals surface area contributed by atoms with Crippen LogP contribution in [-0.2, 0) is 19.1 Å². The number of hydrogen-bond donors (Lipinski definition) is 0. The first-order chi connectivity index (χ1) is 11.0. The van der Waals surface area contributed by atoms with E-state index in [0.717, 1.165) is 0 Å². The van der Waals surface area contributed by atoms with E-state index in [-0.39, 0.29) is 18.9 Å². The van der Waals surface area contributed by atoms with E-state index in [1.54, 1.807) is 26.8 Å². The number of carbonyl (C=O) groups excluding carboxylic acids is 2. The van der Waals surface area contributed by atoms with E-state index in [2.05, 4.69) is 0 Å². The van der Waals surface area contributed by atoms with Gasteiger partial charge in [0, 0.05) is 18.1 Å². The highest BCUT2D eigenvalue weighted by atomic mass is 16.6. The van der Waals surface area contributed by atoms with Crippen molar-refractivity contribution in [3.05, 3.63) is 39.9 Å². The van der Waals surface area contributed by atoms with Crippen LogP contribution in [-0.4, -0.2) is 30.1 Å². The monoisotopic (exact) mass is 323 g/mol. The summed E-state index contributed by atoms with van der Waals surface area (Å²) in [4.78, 5) is 34.8. The fraction of sp³-hybridized carbons (Fsp3) is 0.500. The Morgan fingerprint density at radius 1 is 1.13 bits per heavy atom. The highest BCUT2D eigenvalue weighted by molar-refractivity contribution is 5.96. The highest BCUT2D eigenvalue weighted by Crippen LogP contribution is 2.32. The lowest BCUT2D eigenvalue weighted by Crippen LogP contribution is -2.33. The first-order valence-electron chi connectivity index (χ1n) is 7.53. The van der Waals surface area contributed by atoms with Crippen LogP contribution < -0.4 is 0 Å². The lowest BCUT2D eigenvalue weighted by molar-refractivity contribution is -0.384. The summed E-state index contributed by atoms with van der Waals surface area (Å²) in [5.74, 6) is -3.04. The molecule has 1 aromatic carbocycles. The summed E-state index contributed by atoms with van der Waals surface area (Å²) in [6.07, 6.45) is 0.434. The van der Waals surface area contributed by atoms with Crippen molar-refractivity contribution < 1.29 is 24.0 Å². The Kier molecular flexibility index (Phi) is 7.18. The zero-order valence-corrected chi connectivity index (χ0v) is 13.5. The van der Waals surface area contributed by atoms with Crippen molar-refractivity contribution >= 4 is 17.6 Å². The summed E-state index contributed by atoms with van der Waals surface area (Å²) >= 11 is 0. The second-order valence-corrected chi connectivity index (χ2v) is 4.85. The van der Waals surface area contributed by atoms with Crippen molar-refractivity contribution in [1.82, 2.24) is 0 Å². The molecule has 1 aromatic rings. The Bertz CT molecular complexity index is 553. The molecule has 0 aliphatic carbocycles. The van der Waals surface area contributed by atoms with Crippen LogP contribution in [0.4, 0.5) is 5.69 Å². The quantitative estimate of drug-likeness (QED) is 0.316.